The first-order chi connectivity index (χ1) is 14.4. The third kappa shape index (κ3) is 9.00. The molecule has 31 heavy (non-hydrogen) atoms. The minimum atomic E-state index is -4.16. The lowest BCUT2D eigenvalue weighted by Gasteiger charge is -2.22. The molecule has 0 aliphatic carbocycles. The van der Waals surface area contributed by atoms with Crippen molar-refractivity contribution in [2.75, 3.05) is 19.0 Å². The van der Waals surface area contributed by atoms with Gasteiger partial charge in [-0.2, -0.15) is 13.7 Å². The second kappa shape index (κ2) is 11.3. The number of aliphatic hydroxyl groups is 1. The van der Waals surface area contributed by atoms with Crippen molar-refractivity contribution in [1.82, 2.24) is 0 Å². The zero-order valence-electron chi connectivity index (χ0n) is 16.4. The first-order valence-electron chi connectivity index (χ1n) is 8.28. The lowest BCUT2D eigenvalue weighted by Crippen LogP contribution is -2.45. The van der Waals surface area contributed by atoms with Gasteiger partial charge in [0.25, 0.3) is 5.91 Å². The molecule has 1 atom stereocenters. The van der Waals surface area contributed by atoms with Crippen LogP contribution in [0.3, 0.4) is 0 Å². The van der Waals surface area contributed by atoms with Crippen LogP contribution in [-0.2, 0) is 19.4 Å². The lowest BCUT2D eigenvalue weighted by atomic mass is 10.1. The number of hydrogen-bond acceptors (Lipinski definition) is 7. The largest absolute Gasteiger partial charge is 0.490 e. The Morgan fingerprint density at radius 2 is 1.90 bits per heavy atom. The molecule has 0 aliphatic heterocycles. The summed E-state index contributed by atoms with van der Waals surface area (Å²) >= 11 is 5.92. The molecule has 0 radical (unpaired) electrons. The molecule has 0 aromatic heterocycles. The Labute approximate surface area is 184 Å². The number of amides is 1. The van der Waals surface area contributed by atoms with Crippen molar-refractivity contribution in [3.8, 4) is 11.8 Å². The van der Waals surface area contributed by atoms with Gasteiger partial charge in [0.1, 0.15) is 12.4 Å². The van der Waals surface area contributed by atoms with Gasteiger partial charge in [-0.15, -0.1) is 0 Å². The summed E-state index contributed by atoms with van der Waals surface area (Å²) in [6.45, 7) is 7.98. The van der Waals surface area contributed by atoms with Gasteiger partial charge in [-0.25, -0.2) is 4.85 Å². The standard InChI is InChI=1S/C18H14ClN3O3.CH4O4S/c1-18(24,11-25-14-6-3-12(10-20)4-7-14)17(23)22-13-5-8-16(21-2)15(19)9-13;1-5-6(2,3)4/h3-9,24H,11H2,1H3,(H,22,23);1H3,(H,2,3,4)/t18-;/m0./s1. The van der Waals surface area contributed by atoms with E-state index in [4.69, 9.17) is 32.7 Å². The SMILES string of the molecule is COS(=O)(=O)O.[C-]#[N+]c1ccc(NC(=O)[C@@](C)(O)COc2ccc(C#N)cc2)cc1Cl. The summed E-state index contributed by atoms with van der Waals surface area (Å²) in [7, 11) is -3.29. The first-order valence-corrected chi connectivity index (χ1v) is 10.0. The van der Waals surface area contributed by atoms with Crippen LogP contribution in [0.15, 0.2) is 42.5 Å². The first kappa shape index (κ1) is 25.8. The third-order valence-corrected chi connectivity index (χ3v) is 4.25. The van der Waals surface area contributed by atoms with E-state index < -0.39 is 21.9 Å². The van der Waals surface area contributed by atoms with Crippen molar-refractivity contribution in [2.45, 2.75) is 12.5 Å². The normalized spacial score (nSPS) is 12.2. The molecule has 0 saturated carbocycles. The molecule has 1 amide bonds. The number of carbonyl (C=O) groups excluding carboxylic acids is 1. The number of nitrogens with zero attached hydrogens (tertiary/aromatic N) is 2. The summed E-state index contributed by atoms with van der Waals surface area (Å²) in [5.74, 6) is -0.246. The zero-order chi connectivity index (χ0) is 23.7. The Kier molecular flexibility index (Phi) is 9.40. The maximum absolute atomic E-state index is 12.2. The molecule has 164 valence electrons. The highest BCUT2D eigenvalue weighted by Gasteiger charge is 2.31. The molecule has 0 spiro atoms. The van der Waals surface area contributed by atoms with E-state index in [9.17, 15) is 18.3 Å². The number of halogens is 1. The van der Waals surface area contributed by atoms with Crippen molar-refractivity contribution in [2.24, 2.45) is 0 Å². The molecule has 3 N–H and O–H groups in total. The monoisotopic (exact) mass is 467 g/mol. The molecule has 0 fully saturated rings. The molecule has 2 aromatic carbocycles. The fraction of sp³-hybridized carbons (Fsp3) is 0.211. The molecule has 2 rings (SSSR count). The van der Waals surface area contributed by atoms with Gasteiger partial charge in [0.15, 0.2) is 5.60 Å². The number of nitrogens with one attached hydrogen (secondary N) is 1. The molecule has 2 aromatic rings. The second-order valence-electron chi connectivity index (χ2n) is 6.03. The van der Waals surface area contributed by atoms with Crippen LogP contribution in [0.2, 0.25) is 5.02 Å². The quantitative estimate of drug-likeness (QED) is 0.433. The van der Waals surface area contributed by atoms with Crippen molar-refractivity contribution >= 4 is 39.3 Å². The number of hydrogen-bond donors (Lipinski definition) is 3. The van der Waals surface area contributed by atoms with Crippen LogP contribution in [0.25, 0.3) is 4.85 Å². The topological polar surface area (TPSA) is 150 Å². The molecule has 0 saturated heterocycles. The Morgan fingerprint density at radius 1 is 1.32 bits per heavy atom. The van der Waals surface area contributed by atoms with Crippen LogP contribution in [0.1, 0.15) is 12.5 Å². The van der Waals surface area contributed by atoms with E-state index in [1.165, 1.54) is 25.1 Å². The highest BCUT2D eigenvalue weighted by atomic mass is 35.5. The highest BCUT2D eigenvalue weighted by Crippen LogP contribution is 2.28. The van der Waals surface area contributed by atoms with Crippen LogP contribution in [-0.4, -0.2) is 43.3 Å². The van der Waals surface area contributed by atoms with Crippen LogP contribution in [0.5, 0.6) is 5.75 Å². The van der Waals surface area contributed by atoms with Gasteiger partial charge in [-0.1, -0.05) is 17.7 Å². The van der Waals surface area contributed by atoms with Gasteiger partial charge in [0, 0.05) is 10.7 Å². The molecule has 0 aliphatic rings. The summed E-state index contributed by atoms with van der Waals surface area (Å²) in [6, 6.07) is 12.7. The smallest absolute Gasteiger partial charge is 0.397 e. The number of ether oxygens (including phenoxy) is 1. The number of benzene rings is 2. The Bertz CT molecular complexity index is 1100. The molecule has 0 unspecified atom stereocenters. The van der Waals surface area contributed by atoms with Gasteiger partial charge in [-0.3, -0.25) is 13.5 Å². The Hall–Kier alpha value is -3.19. The fourth-order valence-electron chi connectivity index (χ4n) is 1.86. The van der Waals surface area contributed by atoms with E-state index in [1.807, 2.05) is 6.07 Å². The molecule has 0 bridgehead atoms. The molecule has 12 heteroatoms. The predicted molar refractivity (Wildman–Crippen MR) is 112 cm³/mol. The van der Waals surface area contributed by atoms with Gasteiger partial charge >= 0.3 is 10.4 Å². The Morgan fingerprint density at radius 3 is 2.35 bits per heavy atom. The number of anilines is 1. The van der Waals surface area contributed by atoms with Gasteiger partial charge in [0.2, 0.25) is 5.69 Å². The van der Waals surface area contributed by atoms with E-state index in [-0.39, 0.29) is 17.3 Å². The third-order valence-electron chi connectivity index (χ3n) is 3.53. The highest BCUT2D eigenvalue weighted by molar-refractivity contribution is 7.80. The number of rotatable bonds is 6. The predicted octanol–water partition coefficient (Wildman–Crippen LogP) is 2.97. The summed E-state index contributed by atoms with van der Waals surface area (Å²) < 4.78 is 35.1. The number of nitriles is 1. The van der Waals surface area contributed by atoms with E-state index in [1.54, 1.807) is 24.3 Å². The second-order valence-corrected chi connectivity index (χ2v) is 7.62. The summed E-state index contributed by atoms with van der Waals surface area (Å²) in [5, 5.41) is 21.8. The minimum absolute atomic E-state index is 0.210. The average molecular weight is 468 g/mol. The maximum atomic E-state index is 12.2. The molecular formula is C19H18ClN3O7S. The van der Waals surface area contributed by atoms with Crippen LogP contribution in [0.4, 0.5) is 11.4 Å². The minimum Gasteiger partial charge on any atom is -0.490 e. The zero-order valence-corrected chi connectivity index (χ0v) is 17.9. The van der Waals surface area contributed by atoms with E-state index in [0.717, 1.165) is 7.11 Å². The Balaban J connectivity index is 0.000000703. The van der Waals surface area contributed by atoms with Crippen molar-refractivity contribution in [3.05, 3.63) is 64.5 Å². The van der Waals surface area contributed by atoms with Gasteiger partial charge in [-0.05, 0) is 43.3 Å². The summed E-state index contributed by atoms with van der Waals surface area (Å²) in [4.78, 5) is 15.5. The van der Waals surface area contributed by atoms with Crippen molar-refractivity contribution in [3.63, 3.8) is 0 Å². The fourth-order valence-corrected chi connectivity index (χ4v) is 2.08. The van der Waals surface area contributed by atoms with E-state index in [2.05, 4.69) is 14.3 Å². The maximum Gasteiger partial charge on any atom is 0.397 e. The van der Waals surface area contributed by atoms with Gasteiger partial charge < -0.3 is 15.2 Å². The summed E-state index contributed by atoms with van der Waals surface area (Å²) in [5.41, 5.74) is -0.674. The average Bonchev–Trinajstić information content (AvgIpc) is 2.72. The van der Waals surface area contributed by atoms with E-state index >= 15 is 0 Å². The van der Waals surface area contributed by atoms with Crippen LogP contribution in [0, 0.1) is 17.9 Å². The lowest BCUT2D eigenvalue weighted by molar-refractivity contribution is -0.135. The van der Waals surface area contributed by atoms with E-state index in [0.29, 0.717) is 17.0 Å². The van der Waals surface area contributed by atoms with Crippen LogP contribution < -0.4 is 10.1 Å². The summed E-state index contributed by atoms with van der Waals surface area (Å²) in [6.07, 6.45) is 0. The van der Waals surface area contributed by atoms with Crippen molar-refractivity contribution in [1.29, 1.82) is 5.26 Å². The molecule has 0 heterocycles. The molecule has 10 nitrogen and oxygen atoms in total. The van der Waals surface area contributed by atoms with Crippen LogP contribution >= 0.6 is 11.6 Å². The van der Waals surface area contributed by atoms with Gasteiger partial charge in [0.05, 0.1) is 25.3 Å². The molecular weight excluding hydrogens is 450 g/mol. The number of carbonyl (C=O) groups is 1. The van der Waals surface area contributed by atoms with Crippen molar-refractivity contribution < 1.29 is 31.8 Å².